The number of hydrogen-bond donors (Lipinski definition) is 0. The van der Waals surface area contributed by atoms with Gasteiger partial charge in [0.2, 0.25) is 5.91 Å². The van der Waals surface area contributed by atoms with Gasteiger partial charge in [0.1, 0.15) is 0 Å². The maximum Gasteiger partial charge on any atom is 0.416 e. The molecule has 1 aromatic carbocycles. The van der Waals surface area contributed by atoms with Crippen LogP contribution in [-0.4, -0.2) is 32.5 Å². The number of thioether (sulfide) groups is 1. The fourth-order valence-corrected chi connectivity index (χ4v) is 6.94. The fourth-order valence-electron chi connectivity index (χ4n) is 4.84. The monoisotopic (exact) mass is 412 g/mol. The highest BCUT2D eigenvalue weighted by atomic mass is 32.2. The normalized spacial score (nSPS) is 26.7. The van der Waals surface area contributed by atoms with Crippen LogP contribution >= 0.6 is 11.8 Å². The van der Waals surface area contributed by atoms with Crippen LogP contribution in [0.4, 0.5) is 23.7 Å². The Morgan fingerprint density at radius 3 is 2.43 bits per heavy atom. The van der Waals surface area contributed by atoms with E-state index in [1.807, 2.05) is 4.90 Å². The van der Waals surface area contributed by atoms with Gasteiger partial charge >= 0.3 is 12.2 Å². The lowest BCUT2D eigenvalue weighted by atomic mass is 9.88. The van der Waals surface area contributed by atoms with Crippen molar-refractivity contribution < 1.29 is 22.8 Å². The summed E-state index contributed by atoms with van der Waals surface area (Å²) in [4.78, 5) is 28.7. The number of benzene rings is 1. The molecule has 2 heterocycles. The van der Waals surface area contributed by atoms with Gasteiger partial charge in [-0.2, -0.15) is 13.2 Å². The van der Waals surface area contributed by atoms with Crippen molar-refractivity contribution in [3.05, 3.63) is 29.8 Å². The molecule has 8 heteroatoms. The SMILES string of the molecule is CC1(C)SC2(CCCCC2)N2C(=O)N(c3cccc(C(F)(F)F)c3)C(=O)C[C@H]21. The summed E-state index contributed by atoms with van der Waals surface area (Å²) in [7, 11) is 0. The first-order valence-electron chi connectivity index (χ1n) is 9.59. The number of hydrogen-bond acceptors (Lipinski definition) is 3. The third kappa shape index (κ3) is 3.00. The Hall–Kier alpha value is -1.70. The Kier molecular flexibility index (Phi) is 4.48. The van der Waals surface area contributed by atoms with Gasteiger partial charge in [-0.25, -0.2) is 9.69 Å². The molecule has 1 atom stereocenters. The number of fused-ring (bicyclic) bond motifs is 2. The molecule has 0 unspecified atom stereocenters. The molecule has 0 radical (unpaired) electrons. The van der Waals surface area contributed by atoms with Gasteiger partial charge in [-0.15, -0.1) is 11.8 Å². The molecular formula is C20H23F3N2O2S. The van der Waals surface area contributed by atoms with Crippen molar-refractivity contribution in [1.29, 1.82) is 0 Å². The maximum absolute atomic E-state index is 13.5. The molecule has 0 aromatic heterocycles. The van der Waals surface area contributed by atoms with Gasteiger partial charge in [-0.3, -0.25) is 4.79 Å². The molecule has 1 aromatic rings. The van der Waals surface area contributed by atoms with Crippen LogP contribution in [0.2, 0.25) is 0 Å². The second kappa shape index (κ2) is 6.40. The number of nitrogens with zero attached hydrogens (tertiary/aromatic N) is 2. The number of anilines is 1. The number of rotatable bonds is 1. The summed E-state index contributed by atoms with van der Waals surface area (Å²) in [5.41, 5.74) is -0.875. The van der Waals surface area contributed by atoms with Gasteiger partial charge in [0.15, 0.2) is 0 Å². The molecule has 4 rings (SSSR count). The molecular weight excluding hydrogens is 389 g/mol. The number of halogens is 3. The molecule has 3 amide bonds. The summed E-state index contributed by atoms with van der Waals surface area (Å²) in [6.45, 7) is 4.11. The molecule has 28 heavy (non-hydrogen) atoms. The van der Waals surface area contributed by atoms with Crippen LogP contribution in [-0.2, 0) is 11.0 Å². The van der Waals surface area contributed by atoms with E-state index < -0.39 is 23.7 Å². The molecule has 1 aliphatic carbocycles. The predicted octanol–water partition coefficient (Wildman–Crippen LogP) is 5.42. The summed E-state index contributed by atoms with van der Waals surface area (Å²) < 4.78 is 39.1. The van der Waals surface area contributed by atoms with Crippen molar-refractivity contribution >= 4 is 29.4 Å². The summed E-state index contributed by atoms with van der Waals surface area (Å²) in [5, 5.41) is 0. The first kappa shape index (κ1) is 19.6. The van der Waals surface area contributed by atoms with E-state index in [1.54, 1.807) is 11.8 Å². The number of alkyl halides is 3. The van der Waals surface area contributed by atoms with E-state index in [0.717, 1.165) is 49.1 Å². The second-order valence-corrected chi connectivity index (χ2v) is 10.4. The summed E-state index contributed by atoms with van der Waals surface area (Å²) in [5.74, 6) is -0.438. The quantitative estimate of drug-likeness (QED) is 0.619. The van der Waals surface area contributed by atoms with Crippen molar-refractivity contribution in [2.24, 2.45) is 0 Å². The van der Waals surface area contributed by atoms with Crippen molar-refractivity contribution in [3.63, 3.8) is 0 Å². The number of urea groups is 1. The first-order chi connectivity index (χ1) is 13.1. The zero-order chi connectivity index (χ0) is 20.3. The predicted molar refractivity (Wildman–Crippen MR) is 102 cm³/mol. The largest absolute Gasteiger partial charge is 0.416 e. The highest BCUT2D eigenvalue weighted by Crippen LogP contribution is 2.59. The average molecular weight is 412 g/mol. The lowest BCUT2D eigenvalue weighted by Gasteiger charge is -2.47. The summed E-state index contributed by atoms with van der Waals surface area (Å²) in [6, 6.07) is 3.75. The van der Waals surface area contributed by atoms with Crippen LogP contribution in [0.3, 0.4) is 0 Å². The van der Waals surface area contributed by atoms with Gasteiger partial charge < -0.3 is 4.90 Å². The minimum Gasteiger partial charge on any atom is -0.304 e. The third-order valence-corrected chi connectivity index (χ3v) is 7.87. The molecule has 1 spiro atoms. The Morgan fingerprint density at radius 2 is 1.79 bits per heavy atom. The van der Waals surface area contributed by atoms with E-state index in [0.29, 0.717) is 0 Å². The molecule has 0 bridgehead atoms. The molecule has 0 N–H and O–H groups in total. The minimum absolute atomic E-state index is 0.0102. The molecule has 2 aliphatic heterocycles. The smallest absolute Gasteiger partial charge is 0.304 e. The van der Waals surface area contributed by atoms with E-state index in [-0.39, 0.29) is 27.8 Å². The van der Waals surface area contributed by atoms with Gasteiger partial charge in [-0.05, 0) is 44.9 Å². The van der Waals surface area contributed by atoms with Gasteiger partial charge in [0.25, 0.3) is 0 Å². The van der Waals surface area contributed by atoms with E-state index in [4.69, 9.17) is 0 Å². The fraction of sp³-hybridized carbons (Fsp3) is 0.600. The van der Waals surface area contributed by atoms with Crippen LogP contribution in [0.25, 0.3) is 0 Å². The van der Waals surface area contributed by atoms with Crippen LogP contribution < -0.4 is 4.90 Å². The Balaban J connectivity index is 1.74. The van der Waals surface area contributed by atoms with Gasteiger partial charge in [-0.1, -0.05) is 25.3 Å². The third-order valence-electron chi connectivity index (χ3n) is 6.09. The lowest BCUT2D eigenvalue weighted by molar-refractivity contribution is -0.137. The van der Waals surface area contributed by atoms with Crippen LogP contribution in [0, 0.1) is 0 Å². The van der Waals surface area contributed by atoms with Gasteiger partial charge in [0.05, 0.1) is 22.2 Å². The van der Waals surface area contributed by atoms with Gasteiger partial charge in [0, 0.05) is 11.2 Å². The molecule has 152 valence electrons. The molecule has 1 saturated carbocycles. The van der Waals surface area contributed by atoms with Crippen molar-refractivity contribution in [1.82, 2.24) is 4.90 Å². The zero-order valence-corrected chi connectivity index (χ0v) is 16.7. The van der Waals surface area contributed by atoms with E-state index in [2.05, 4.69) is 13.8 Å². The maximum atomic E-state index is 13.5. The topological polar surface area (TPSA) is 40.6 Å². The number of imide groups is 1. The van der Waals surface area contributed by atoms with E-state index >= 15 is 0 Å². The molecule has 4 nitrogen and oxygen atoms in total. The van der Waals surface area contributed by atoms with Crippen LogP contribution in [0.1, 0.15) is 57.9 Å². The van der Waals surface area contributed by atoms with E-state index in [9.17, 15) is 22.8 Å². The van der Waals surface area contributed by atoms with Crippen molar-refractivity contribution in [2.75, 3.05) is 4.90 Å². The van der Waals surface area contributed by atoms with Crippen LogP contribution in [0.15, 0.2) is 24.3 Å². The second-order valence-electron chi connectivity index (χ2n) is 8.36. The number of carbonyl (C=O) groups excluding carboxylic acids is 2. The molecule has 3 fully saturated rings. The highest BCUT2D eigenvalue weighted by molar-refractivity contribution is 8.02. The van der Waals surface area contributed by atoms with E-state index in [1.165, 1.54) is 12.1 Å². The first-order valence-corrected chi connectivity index (χ1v) is 10.4. The Labute approximate surface area is 166 Å². The van der Waals surface area contributed by atoms with Crippen molar-refractivity contribution in [3.8, 4) is 0 Å². The van der Waals surface area contributed by atoms with Crippen LogP contribution in [0.5, 0.6) is 0 Å². The molecule has 2 saturated heterocycles. The molecule has 3 aliphatic rings. The highest BCUT2D eigenvalue weighted by Gasteiger charge is 2.62. The summed E-state index contributed by atoms with van der Waals surface area (Å²) >= 11 is 1.75. The number of carbonyl (C=O) groups is 2. The Morgan fingerprint density at radius 1 is 1.11 bits per heavy atom. The minimum atomic E-state index is -4.53. The summed E-state index contributed by atoms with van der Waals surface area (Å²) in [6.07, 6.45) is 0.446. The average Bonchev–Trinajstić information content (AvgIpc) is 2.81. The Bertz CT molecular complexity index is 818. The number of amides is 3. The zero-order valence-electron chi connectivity index (χ0n) is 15.9. The van der Waals surface area contributed by atoms with Crippen molar-refractivity contribution in [2.45, 2.75) is 74.2 Å². The standard InChI is InChI=1S/C20H23F3N2O2S/c1-18(2)15-12-16(26)24(14-8-6-7-13(11-14)20(21,22)23)17(27)25(15)19(28-18)9-4-3-5-10-19/h6-8,11,15H,3-5,9-10,12H2,1-2H3/t15-/m0/s1. The lowest BCUT2D eigenvalue weighted by Crippen LogP contribution is -2.63.